The molecule has 0 aromatic carbocycles. The Labute approximate surface area is 100 Å². The van der Waals surface area contributed by atoms with Crippen LogP contribution in [0.4, 0.5) is 0 Å². The second-order valence-electron chi connectivity index (χ2n) is 4.13. The van der Waals surface area contributed by atoms with E-state index in [0.29, 0.717) is 10.9 Å². The Balaban J connectivity index is 2.63. The van der Waals surface area contributed by atoms with E-state index in [2.05, 4.69) is 0 Å². The predicted octanol–water partition coefficient (Wildman–Crippen LogP) is 1.50. The van der Waals surface area contributed by atoms with E-state index < -0.39 is 6.10 Å². The van der Waals surface area contributed by atoms with E-state index >= 15 is 0 Å². The second-order valence-corrected chi connectivity index (χ2v) is 5.86. The Morgan fingerprint density at radius 1 is 1.53 bits per heavy atom. The molecule has 1 fully saturated rings. The first-order valence-corrected chi connectivity index (χ1v) is 6.50. The Kier molecular flexibility index (Phi) is 4.55. The van der Waals surface area contributed by atoms with E-state index in [4.69, 9.17) is 12.2 Å². The van der Waals surface area contributed by atoms with E-state index in [1.807, 2.05) is 13.8 Å². The minimum Gasteiger partial charge on any atom is -0.392 e. The van der Waals surface area contributed by atoms with Gasteiger partial charge in [-0.1, -0.05) is 44.8 Å². The summed E-state index contributed by atoms with van der Waals surface area (Å²) in [5, 5.41) is 9.81. The largest absolute Gasteiger partial charge is 0.392 e. The van der Waals surface area contributed by atoms with Crippen LogP contribution in [-0.4, -0.2) is 38.6 Å². The highest BCUT2D eigenvalue weighted by Gasteiger charge is 2.32. The van der Waals surface area contributed by atoms with Crippen LogP contribution in [0.15, 0.2) is 0 Å². The van der Waals surface area contributed by atoms with Crippen molar-refractivity contribution in [2.45, 2.75) is 26.9 Å². The summed E-state index contributed by atoms with van der Waals surface area (Å²) in [5.41, 5.74) is 0. The van der Waals surface area contributed by atoms with Crippen LogP contribution < -0.4 is 0 Å². The first-order chi connectivity index (χ1) is 6.95. The first-order valence-electron chi connectivity index (χ1n) is 5.11. The van der Waals surface area contributed by atoms with Gasteiger partial charge in [-0.2, -0.15) is 0 Å². The molecule has 0 bridgehead atoms. The predicted molar refractivity (Wildman–Crippen MR) is 66.8 cm³/mol. The number of hydrogen-bond donors (Lipinski definition) is 1. The molecule has 0 aliphatic carbocycles. The van der Waals surface area contributed by atoms with Crippen molar-refractivity contribution in [3.63, 3.8) is 0 Å². The van der Waals surface area contributed by atoms with Crippen molar-refractivity contribution in [3.8, 4) is 0 Å². The number of hydrogen-bond acceptors (Lipinski definition) is 4. The van der Waals surface area contributed by atoms with Gasteiger partial charge >= 0.3 is 0 Å². The molecule has 0 aromatic rings. The summed E-state index contributed by atoms with van der Waals surface area (Å²) >= 11 is 6.60. The molecule has 2 atom stereocenters. The van der Waals surface area contributed by atoms with Crippen LogP contribution in [0, 0.1) is 11.8 Å². The lowest BCUT2D eigenvalue weighted by molar-refractivity contribution is -0.135. The number of amides is 1. The van der Waals surface area contributed by atoms with Crippen molar-refractivity contribution in [1.29, 1.82) is 0 Å². The molecule has 1 aliphatic rings. The molecule has 0 saturated carbocycles. The molecule has 15 heavy (non-hydrogen) atoms. The molecule has 1 saturated heterocycles. The van der Waals surface area contributed by atoms with Gasteiger partial charge in [0.05, 0.1) is 12.0 Å². The van der Waals surface area contributed by atoms with Crippen LogP contribution in [0.3, 0.4) is 0 Å². The third kappa shape index (κ3) is 2.92. The van der Waals surface area contributed by atoms with Crippen LogP contribution in [-0.2, 0) is 4.79 Å². The lowest BCUT2D eigenvalue weighted by atomic mass is 9.94. The van der Waals surface area contributed by atoms with Gasteiger partial charge in [0.2, 0.25) is 5.91 Å². The molecule has 1 amide bonds. The minimum atomic E-state index is -0.592. The standard InChI is InChI=1S/C10H17NO2S2/c1-6(2)8(12)7(3)9(13)11-4-5-15-10(11)14/h6-8,12H,4-5H2,1-3H3/t7-,8+/m1/s1. The number of rotatable bonds is 3. The maximum Gasteiger partial charge on any atom is 0.233 e. The molecule has 5 heteroatoms. The number of nitrogens with zero attached hydrogens (tertiary/aromatic N) is 1. The van der Waals surface area contributed by atoms with Gasteiger partial charge in [-0.25, -0.2) is 0 Å². The smallest absolute Gasteiger partial charge is 0.233 e. The lowest BCUT2D eigenvalue weighted by Crippen LogP contribution is -2.41. The summed E-state index contributed by atoms with van der Waals surface area (Å²) in [5.74, 6) is 0.537. The van der Waals surface area contributed by atoms with Crippen molar-refractivity contribution < 1.29 is 9.90 Å². The van der Waals surface area contributed by atoms with Gasteiger partial charge in [-0.3, -0.25) is 9.69 Å². The summed E-state index contributed by atoms with van der Waals surface area (Å²) in [4.78, 5) is 13.6. The van der Waals surface area contributed by atoms with Gasteiger partial charge in [0, 0.05) is 12.3 Å². The van der Waals surface area contributed by atoms with E-state index in [1.54, 1.807) is 11.8 Å². The summed E-state index contributed by atoms with van der Waals surface area (Å²) in [7, 11) is 0. The zero-order chi connectivity index (χ0) is 11.6. The molecule has 86 valence electrons. The van der Waals surface area contributed by atoms with Gasteiger partial charge in [0.15, 0.2) is 0 Å². The van der Waals surface area contributed by atoms with E-state index in [1.165, 1.54) is 11.8 Å². The van der Waals surface area contributed by atoms with E-state index in [9.17, 15) is 9.90 Å². The fourth-order valence-corrected chi connectivity index (χ4v) is 2.78. The number of carbonyl (C=O) groups excluding carboxylic acids is 1. The number of thioether (sulfide) groups is 1. The molecule has 0 radical (unpaired) electrons. The van der Waals surface area contributed by atoms with Crippen LogP contribution >= 0.6 is 24.0 Å². The molecule has 0 unspecified atom stereocenters. The monoisotopic (exact) mass is 247 g/mol. The van der Waals surface area contributed by atoms with Crippen LogP contribution in [0.1, 0.15) is 20.8 Å². The van der Waals surface area contributed by atoms with E-state index in [-0.39, 0.29) is 17.7 Å². The van der Waals surface area contributed by atoms with Crippen molar-refractivity contribution in [2.75, 3.05) is 12.3 Å². The normalized spacial score (nSPS) is 20.9. The number of thiocarbonyl (C=S) groups is 1. The van der Waals surface area contributed by atoms with Gasteiger partial charge in [0.25, 0.3) is 0 Å². The third-order valence-electron chi connectivity index (χ3n) is 2.61. The molecule has 1 N–H and O–H groups in total. The summed E-state index contributed by atoms with van der Waals surface area (Å²) in [6.45, 7) is 6.26. The molecule has 0 spiro atoms. The number of aliphatic hydroxyl groups excluding tert-OH is 1. The number of carbonyl (C=O) groups is 1. The zero-order valence-corrected chi connectivity index (χ0v) is 10.9. The van der Waals surface area contributed by atoms with Crippen molar-refractivity contribution >= 4 is 34.2 Å². The SMILES string of the molecule is CC(C)[C@H](O)[C@@H](C)C(=O)N1CCSC1=S. The lowest BCUT2D eigenvalue weighted by Gasteiger charge is -2.25. The summed E-state index contributed by atoms with van der Waals surface area (Å²) < 4.78 is 0.641. The van der Waals surface area contributed by atoms with Crippen LogP contribution in [0.25, 0.3) is 0 Å². The zero-order valence-electron chi connectivity index (χ0n) is 9.27. The fraction of sp³-hybridized carbons (Fsp3) is 0.800. The van der Waals surface area contributed by atoms with Crippen molar-refractivity contribution in [1.82, 2.24) is 4.90 Å². The third-order valence-corrected chi connectivity index (χ3v) is 4.04. The molecule has 1 heterocycles. The Bertz CT molecular complexity index is 268. The quantitative estimate of drug-likeness (QED) is 0.767. The highest BCUT2D eigenvalue weighted by Crippen LogP contribution is 2.22. The van der Waals surface area contributed by atoms with Gasteiger partial charge in [-0.05, 0) is 5.92 Å². The average Bonchev–Trinajstić information content (AvgIpc) is 2.60. The molecular weight excluding hydrogens is 230 g/mol. The van der Waals surface area contributed by atoms with Crippen molar-refractivity contribution in [3.05, 3.63) is 0 Å². The highest BCUT2D eigenvalue weighted by molar-refractivity contribution is 8.23. The molecule has 1 aliphatic heterocycles. The van der Waals surface area contributed by atoms with Crippen molar-refractivity contribution in [2.24, 2.45) is 11.8 Å². The summed E-state index contributed by atoms with van der Waals surface area (Å²) in [6.07, 6.45) is -0.592. The molecule has 3 nitrogen and oxygen atoms in total. The Morgan fingerprint density at radius 2 is 2.13 bits per heavy atom. The highest BCUT2D eigenvalue weighted by atomic mass is 32.2. The minimum absolute atomic E-state index is 0.0498. The average molecular weight is 247 g/mol. The second kappa shape index (κ2) is 5.27. The fourth-order valence-electron chi connectivity index (χ4n) is 1.56. The number of aliphatic hydroxyl groups is 1. The Morgan fingerprint density at radius 3 is 2.53 bits per heavy atom. The van der Waals surface area contributed by atoms with Crippen LogP contribution in [0.5, 0.6) is 0 Å². The topological polar surface area (TPSA) is 40.5 Å². The summed E-state index contributed by atoms with van der Waals surface area (Å²) in [6, 6.07) is 0. The van der Waals surface area contributed by atoms with Gasteiger partial charge in [0.1, 0.15) is 4.32 Å². The van der Waals surface area contributed by atoms with E-state index in [0.717, 1.165) is 5.75 Å². The molecule has 1 rings (SSSR count). The molecular formula is C10H17NO2S2. The maximum absolute atomic E-state index is 12.0. The van der Waals surface area contributed by atoms with Crippen LogP contribution in [0.2, 0.25) is 0 Å². The Hall–Kier alpha value is -0.130. The van der Waals surface area contributed by atoms with Gasteiger partial charge in [-0.15, -0.1) is 0 Å². The van der Waals surface area contributed by atoms with Gasteiger partial charge < -0.3 is 5.11 Å². The maximum atomic E-state index is 12.0. The first kappa shape index (κ1) is 12.9. The molecule has 0 aromatic heterocycles.